The summed E-state index contributed by atoms with van der Waals surface area (Å²) in [5, 5.41) is 3.38. The van der Waals surface area contributed by atoms with Crippen molar-refractivity contribution >= 4 is 44.2 Å². The van der Waals surface area contributed by atoms with Crippen molar-refractivity contribution < 1.29 is 22.7 Å². The first kappa shape index (κ1) is 26.0. The molecule has 4 aromatic rings. The number of hydrogen-bond donors (Lipinski definition) is 2. The lowest BCUT2D eigenvalue weighted by Gasteiger charge is -2.34. The number of anilines is 1. The molecule has 38 heavy (non-hydrogen) atoms. The number of alkyl halides is 3. The van der Waals surface area contributed by atoms with Gasteiger partial charge < -0.3 is 19.9 Å². The van der Waals surface area contributed by atoms with Gasteiger partial charge in [0.15, 0.2) is 16.3 Å². The van der Waals surface area contributed by atoms with Crippen molar-refractivity contribution in [2.45, 2.75) is 52.1 Å². The number of halogens is 3. The molecular weight excluding hydrogens is 521 g/mol. The molecule has 1 aromatic carbocycles. The van der Waals surface area contributed by atoms with Crippen LogP contribution in [0.1, 0.15) is 53.7 Å². The van der Waals surface area contributed by atoms with Crippen molar-refractivity contribution in [2.24, 2.45) is 0 Å². The number of carbonyl (C=O) groups excluding carboxylic acids is 1. The number of aromatic amines is 1. The Morgan fingerprint density at radius 1 is 1.18 bits per heavy atom. The van der Waals surface area contributed by atoms with Crippen LogP contribution in [0.5, 0.6) is 0 Å². The molecule has 1 aliphatic heterocycles. The standard InChI is InChI=1S/C25H25F3N6O3S/c1-11-9-34(10-12(2)37-11)24(36)23-32-18-6-5-15(7-19(18)38-23)29-13(3)16-8-17-21(30-14(4)31-22(17)35)33-20(16)25(26,27)28/h5-8,11-13,29H,9-10H2,1-4H3,(H,30,31,33,35)/t11-,12+,13?. The second-order valence-electron chi connectivity index (χ2n) is 9.48. The first-order valence-electron chi connectivity index (χ1n) is 12.0. The number of morpholine rings is 1. The van der Waals surface area contributed by atoms with Gasteiger partial charge >= 0.3 is 6.18 Å². The lowest BCUT2D eigenvalue weighted by atomic mass is 10.0. The topological polar surface area (TPSA) is 113 Å². The Morgan fingerprint density at radius 3 is 2.58 bits per heavy atom. The smallest absolute Gasteiger partial charge is 0.378 e. The molecule has 2 N–H and O–H groups in total. The number of benzene rings is 1. The maximum atomic E-state index is 13.9. The van der Waals surface area contributed by atoms with Gasteiger partial charge in [0.05, 0.1) is 33.9 Å². The number of hydrogen-bond acceptors (Lipinski definition) is 8. The molecule has 3 aromatic heterocycles. The normalized spacial score (nSPS) is 19.2. The number of amides is 1. The average molecular weight is 547 g/mol. The Balaban J connectivity index is 1.44. The number of H-pyrrole nitrogens is 1. The van der Waals surface area contributed by atoms with Crippen LogP contribution in [0.3, 0.4) is 0 Å². The molecule has 4 heterocycles. The molecule has 1 unspecified atom stereocenters. The van der Waals surface area contributed by atoms with Crippen LogP contribution < -0.4 is 10.9 Å². The molecule has 1 amide bonds. The highest BCUT2D eigenvalue weighted by Gasteiger charge is 2.37. The number of thiazole rings is 1. The SMILES string of the molecule is Cc1nc2nc(C(F)(F)F)c(C(C)Nc3ccc4nc(C(=O)N5C[C@@H](C)O[C@@H](C)C5)sc4c3)cc2c(=O)[nH]1. The molecule has 0 aliphatic carbocycles. The number of pyridine rings is 1. The lowest BCUT2D eigenvalue weighted by molar-refractivity contribution is -0.141. The number of carbonyl (C=O) groups is 1. The number of nitrogens with zero attached hydrogens (tertiary/aromatic N) is 4. The Kier molecular flexibility index (Phi) is 6.59. The second kappa shape index (κ2) is 9.62. The van der Waals surface area contributed by atoms with E-state index < -0.39 is 23.5 Å². The third-order valence-corrected chi connectivity index (χ3v) is 7.25. The maximum Gasteiger partial charge on any atom is 0.433 e. The molecule has 200 valence electrons. The van der Waals surface area contributed by atoms with Crippen LogP contribution in [0.2, 0.25) is 0 Å². The number of nitrogens with one attached hydrogen (secondary N) is 2. The van der Waals surface area contributed by atoms with E-state index in [1.165, 1.54) is 24.3 Å². The number of ether oxygens (including phenoxy) is 1. The Morgan fingerprint density at radius 2 is 1.89 bits per heavy atom. The van der Waals surface area contributed by atoms with Gasteiger partial charge in [-0.25, -0.2) is 15.0 Å². The van der Waals surface area contributed by atoms with E-state index in [9.17, 15) is 22.8 Å². The first-order valence-corrected chi connectivity index (χ1v) is 12.8. The van der Waals surface area contributed by atoms with Crippen molar-refractivity contribution in [3.05, 3.63) is 56.7 Å². The van der Waals surface area contributed by atoms with Crippen LogP contribution in [0.25, 0.3) is 21.3 Å². The summed E-state index contributed by atoms with van der Waals surface area (Å²) in [5.41, 5.74) is -0.968. The predicted octanol–water partition coefficient (Wildman–Crippen LogP) is 4.68. The van der Waals surface area contributed by atoms with E-state index in [1.807, 2.05) is 13.8 Å². The van der Waals surface area contributed by atoms with Gasteiger partial charge in [0.2, 0.25) is 0 Å². The summed E-state index contributed by atoms with van der Waals surface area (Å²) in [6, 6.07) is 5.46. The van der Waals surface area contributed by atoms with Crippen LogP contribution >= 0.6 is 11.3 Å². The van der Waals surface area contributed by atoms with E-state index in [0.717, 1.165) is 0 Å². The highest BCUT2D eigenvalue weighted by molar-refractivity contribution is 7.20. The van der Waals surface area contributed by atoms with Crippen LogP contribution in [-0.2, 0) is 10.9 Å². The van der Waals surface area contributed by atoms with Gasteiger partial charge in [-0.3, -0.25) is 9.59 Å². The third kappa shape index (κ3) is 5.07. The largest absolute Gasteiger partial charge is 0.433 e. The number of aryl methyl sites for hydroxylation is 1. The molecular formula is C25H25F3N6O3S. The molecule has 0 radical (unpaired) electrons. The Bertz CT molecular complexity index is 1590. The summed E-state index contributed by atoms with van der Waals surface area (Å²) >= 11 is 1.22. The Labute approximate surface area is 219 Å². The first-order chi connectivity index (χ1) is 17.9. The van der Waals surface area contributed by atoms with Crippen molar-refractivity contribution in [3.8, 4) is 0 Å². The van der Waals surface area contributed by atoms with Gasteiger partial charge in [-0.05, 0) is 52.0 Å². The number of aromatic nitrogens is 4. The molecule has 1 fully saturated rings. The fourth-order valence-electron chi connectivity index (χ4n) is 4.66. The summed E-state index contributed by atoms with van der Waals surface area (Å²) in [6.45, 7) is 7.81. The fraction of sp³-hybridized carbons (Fsp3) is 0.400. The Hall–Kier alpha value is -3.58. The fourth-order valence-corrected chi connectivity index (χ4v) is 5.63. The van der Waals surface area contributed by atoms with Gasteiger partial charge in [0.1, 0.15) is 5.82 Å². The van der Waals surface area contributed by atoms with E-state index >= 15 is 0 Å². The molecule has 13 heteroatoms. The molecule has 9 nitrogen and oxygen atoms in total. The van der Waals surface area contributed by atoms with Gasteiger partial charge in [0, 0.05) is 24.3 Å². The van der Waals surface area contributed by atoms with Crippen molar-refractivity contribution in [1.82, 2.24) is 24.8 Å². The van der Waals surface area contributed by atoms with Crippen molar-refractivity contribution in [3.63, 3.8) is 0 Å². The minimum atomic E-state index is -4.75. The zero-order valence-corrected chi connectivity index (χ0v) is 21.8. The summed E-state index contributed by atoms with van der Waals surface area (Å²) in [5.74, 6) is -0.00222. The molecule has 3 atom stereocenters. The molecule has 0 saturated carbocycles. The lowest BCUT2D eigenvalue weighted by Crippen LogP contribution is -2.48. The van der Waals surface area contributed by atoms with Crippen LogP contribution in [-0.4, -0.2) is 56.0 Å². The zero-order chi connectivity index (χ0) is 27.4. The zero-order valence-electron chi connectivity index (χ0n) is 21.0. The minimum Gasteiger partial charge on any atom is -0.378 e. The number of rotatable bonds is 4. The van der Waals surface area contributed by atoms with Gasteiger partial charge in [0.25, 0.3) is 11.5 Å². The maximum absolute atomic E-state index is 13.9. The van der Waals surface area contributed by atoms with E-state index in [1.54, 1.807) is 30.0 Å². The molecule has 0 spiro atoms. The monoisotopic (exact) mass is 546 g/mol. The van der Waals surface area contributed by atoms with E-state index in [0.29, 0.717) is 34.0 Å². The van der Waals surface area contributed by atoms with Crippen molar-refractivity contribution in [1.29, 1.82) is 0 Å². The average Bonchev–Trinajstić information content (AvgIpc) is 3.25. The van der Waals surface area contributed by atoms with Gasteiger partial charge in [-0.1, -0.05) is 0 Å². The summed E-state index contributed by atoms with van der Waals surface area (Å²) < 4.78 is 48.1. The molecule has 5 rings (SSSR count). The van der Waals surface area contributed by atoms with Gasteiger partial charge in [-0.2, -0.15) is 13.2 Å². The van der Waals surface area contributed by atoms with Crippen LogP contribution in [0.15, 0.2) is 29.1 Å². The van der Waals surface area contributed by atoms with E-state index in [4.69, 9.17) is 4.74 Å². The molecule has 1 saturated heterocycles. The highest BCUT2D eigenvalue weighted by atomic mass is 32.1. The number of fused-ring (bicyclic) bond motifs is 2. The van der Waals surface area contributed by atoms with Crippen LogP contribution in [0, 0.1) is 6.92 Å². The summed E-state index contributed by atoms with van der Waals surface area (Å²) in [7, 11) is 0. The third-order valence-electron chi connectivity index (χ3n) is 6.24. The predicted molar refractivity (Wildman–Crippen MR) is 137 cm³/mol. The minimum absolute atomic E-state index is 0.0277. The van der Waals surface area contributed by atoms with E-state index in [-0.39, 0.29) is 40.5 Å². The van der Waals surface area contributed by atoms with Gasteiger partial charge in [-0.15, -0.1) is 11.3 Å². The summed E-state index contributed by atoms with van der Waals surface area (Å²) in [6.07, 6.45) is -4.89. The molecule has 1 aliphatic rings. The molecule has 0 bridgehead atoms. The summed E-state index contributed by atoms with van der Waals surface area (Å²) in [4.78, 5) is 41.8. The van der Waals surface area contributed by atoms with Crippen LogP contribution in [0.4, 0.5) is 18.9 Å². The second-order valence-corrected chi connectivity index (χ2v) is 10.5. The van der Waals surface area contributed by atoms with Crippen molar-refractivity contribution in [2.75, 3.05) is 18.4 Å². The highest BCUT2D eigenvalue weighted by Crippen LogP contribution is 2.36. The quantitative estimate of drug-likeness (QED) is 0.382. The van der Waals surface area contributed by atoms with E-state index in [2.05, 4.69) is 25.3 Å².